The summed E-state index contributed by atoms with van der Waals surface area (Å²) in [7, 11) is -3.73. The van der Waals surface area contributed by atoms with Gasteiger partial charge in [0.25, 0.3) is 10.0 Å². The van der Waals surface area contributed by atoms with Gasteiger partial charge in [-0.1, -0.05) is 29.8 Å². The number of benzene rings is 2. The van der Waals surface area contributed by atoms with Gasteiger partial charge < -0.3 is 4.40 Å². The van der Waals surface area contributed by atoms with E-state index in [1.165, 1.54) is 12.1 Å². The van der Waals surface area contributed by atoms with Crippen molar-refractivity contribution in [1.82, 2.24) is 9.38 Å². The predicted octanol–water partition coefficient (Wildman–Crippen LogP) is 4.76. The molecule has 7 heteroatoms. The highest BCUT2D eigenvalue weighted by Gasteiger charge is 2.15. The Morgan fingerprint density at radius 3 is 2.67 bits per heavy atom. The topological polar surface area (TPSA) is 63.5 Å². The van der Waals surface area contributed by atoms with E-state index < -0.39 is 10.0 Å². The van der Waals surface area contributed by atoms with Gasteiger partial charge in [0.1, 0.15) is 5.65 Å². The van der Waals surface area contributed by atoms with Gasteiger partial charge in [-0.05, 0) is 55.0 Å². The highest BCUT2D eigenvalue weighted by Crippen LogP contribution is 2.25. The molecule has 0 fully saturated rings. The van der Waals surface area contributed by atoms with Crippen LogP contribution in [0.5, 0.6) is 0 Å². The number of halogens is 1. The minimum absolute atomic E-state index is 0.114. The third-order valence-electron chi connectivity index (χ3n) is 4.13. The zero-order chi connectivity index (χ0) is 19.0. The lowest BCUT2D eigenvalue weighted by Crippen LogP contribution is -2.12. The summed E-state index contributed by atoms with van der Waals surface area (Å²) in [4.78, 5) is 4.73. The summed E-state index contributed by atoms with van der Waals surface area (Å²) in [6.07, 6.45) is 3.87. The lowest BCUT2D eigenvalue weighted by molar-refractivity contribution is 0.601. The van der Waals surface area contributed by atoms with E-state index in [9.17, 15) is 8.42 Å². The third-order valence-corrected chi connectivity index (χ3v) is 5.75. The largest absolute Gasteiger partial charge is 0.306 e. The highest BCUT2D eigenvalue weighted by atomic mass is 35.5. The smallest absolute Gasteiger partial charge is 0.261 e. The summed E-state index contributed by atoms with van der Waals surface area (Å²) in [6.45, 7) is 2.01. The average molecular weight is 398 g/mol. The number of hydrogen-bond donors (Lipinski definition) is 1. The molecule has 0 aliphatic carbocycles. The van der Waals surface area contributed by atoms with E-state index in [0.717, 1.165) is 22.5 Å². The van der Waals surface area contributed by atoms with Crippen molar-refractivity contribution >= 4 is 33.0 Å². The van der Waals surface area contributed by atoms with Gasteiger partial charge in [-0.25, -0.2) is 13.4 Å². The number of aryl methyl sites for hydroxylation is 1. The SMILES string of the molecule is Cc1ccn2cc(-c3cccc(NS(=O)(=O)c4cccc(Cl)c4)c3)nc2c1. The second-order valence-electron chi connectivity index (χ2n) is 6.24. The van der Waals surface area contributed by atoms with Crippen LogP contribution in [0.2, 0.25) is 5.02 Å². The molecule has 136 valence electrons. The first-order valence-electron chi connectivity index (χ1n) is 8.25. The zero-order valence-electron chi connectivity index (χ0n) is 14.4. The molecule has 2 aromatic carbocycles. The fourth-order valence-corrected chi connectivity index (χ4v) is 4.16. The van der Waals surface area contributed by atoms with Crippen molar-refractivity contribution in [2.24, 2.45) is 0 Å². The maximum atomic E-state index is 12.6. The van der Waals surface area contributed by atoms with Crippen LogP contribution in [0.4, 0.5) is 5.69 Å². The lowest BCUT2D eigenvalue weighted by atomic mass is 10.1. The van der Waals surface area contributed by atoms with Crippen molar-refractivity contribution in [2.45, 2.75) is 11.8 Å². The molecule has 4 rings (SSSR count). The first-order valence-corrected chi connectivity index (χ1v) is 10.1. The van der Waals surface area contributed by atoms with Crippen molar-refractivity contribution in [3.63, 3.8) is 0 Å². The van der Waals surface area contributed by atoms with Crippen LogP contribution in [0.1, 0.15) is 5.56 Å². The van der Waals surface area contributed by atoms with E-state index in [-0.39, 0.29) is 4.90 Å². The van der Waals surface area contributed by atoms with Gasteiger partial charge in [0, 0.05) is 28.7 Å². The number of anilines is 1. The molecule has 1 N–H and O–H groups in total. The number of aromatic nitrogens is 2. The molecule has 0 aliphatic rings. The Labute approximate surface area is 162 Å². The Balaban J connectivity index is 1.67. The van der Waals surface area contributed by atoms with E-state index >= 15 is 0 Å². The zero-order valence-corrected chi connectivity index (χ0v) is 16.0. The van der Waals surface area contributed by atoms with Gasteiger partial charge in [0.05, 0.1) is 10.6 Å². The summed E-state index contributed by atoms with van der Waals surface area (Å²) in [6, 6.07) is 17.3. The number of nitrogens with zero attached hydrogens (tertiary/aromatic N) is 2. The normalized spacial score (nSPS) is 11.6. The summed E-state index contributed by atoms with van der Waals surface area (Å²) >= 11 is 5.91. The standard InChI is InChI=1S/C20H16ClN3O2S/c1-14-8-9-24-13-19(22-20(24)10-14)15-4-2-6-17(11-15)23-27(25,26)18-7-3-5-16(21)12-18/h2-13,23H,1H3. The number of pyridine rings is 1. The Morgan fingerprint density at radius 1 is 1.04 bits per heavy atom. The van der Waals surface area contributed by atoms with E-state index in [4.69, 9.17) is 11.6 Å². The number of imidazole rings is 1. The van der Waals surface area contributed by atoms with Crippen molar-refractivity contribution < 1.29 is 8.42 Å². The molecule has 0 atom stereocenters. The minimum Gasteiger partial charge on any atom is -0.306 e. The molecule has 0 saturated heterocycles. The monoisotopic (exact) mass is 397 g/mol. The molecule has 5 nitrogen and oxygen atoms in total. The van der Waals surface area contributed by atoms with Crippen LogP contribution in [-0.2, 0) is 10.0 Å². The number of hydrogen-bond acceptors (Lipinski definition) is 3. The molecule has 2 aromatic heterocycles. The summed E-state index contributed by atoms with van der Waals surface area (Å²) in [5.74, 6) is 0. The highest BCUT2D eigenvalue weighted by molar-refractivity contribution is 7.92. The molecule has 2 heterocycles. The Morgan fingerprint density at radius 2 is 1.85 bits per heavy atom. The van der Waals surface area contributed by atoms with Gasteiger partial charge >= 0.3 is 0 Å². The van der Waals surface area contributed by atoms with E-state index in [0.29, 0.717) is 10.7 Å². The summed E-state index contributed by atoms with van der Waals surface area (Å²) in [5, 5.41) is 0.367. The minimum atomic E-state index is -3.73. The van der Waals surface area contributed by atoms with Crippen molar-refractivity contribution in [1.29, 1.82) is 0 Å². The molecule has 0 aliphatic heterocycles. The molecular weight excluding hydrogens is 382 g/mol. The van der Waals surface area contributed by atoms with Crippen molar-refractivity contribution in [3.8, 4) is 11.3 Å². The van der Waals surface area contributed by atoms with Gasteiger partial charge in [-0.15, -0.1) is 0 Å². The van der Waals surface area contributed by atoms with E-state index in [1.54, 1.807) is 30.3 Å². The summed E-state index contributed by atoms with van der Waals surface area (Å²) < 4.78 is 29.7. The molecule has 0 unspecified atom stereocenters. The molecule has 0 amide bonds. The fraction of sp³-hybridized carbons (Fsp3) is 0.0500. The molecular formula is C20H16ClN3O2S. The Hall–Kier alpha value is -2.83. The fourth-order valence-electron chi connectivity index (χ4n) is 2.81. The Bertz CT molecular complexity index is 1250. The van der Waals surface area contributed by atoms with Crippen LogP contribution in [0.25, 0.3) is 16.9 Å². The van der Waals surface area contributed by atoms with Crippen LogP contribution in [0, 0.1) is 6.92 Å². The maximum Gasteiger partial charge on any atom is 0.261 e. The second kappa shape index (κ2) is 6.72. The van der Waals surface area contributed by atoms with Gasteiger partial charge in [-0.3, -0.25) is 4.72 Å². The van der Waals surface area contributed by atoms with Crippen molar-refractivity contribution in [3.05, 3.63) is 83.6 Å². The molecule has 4 aromatic rings. The second-order valence-corrected chi connectivity index (χ2v) is 8.36. The third kappa shape index (κ3) is 3.67. The molecule has 0 spiro atoms. The van der Waals surface area contributed by atoms with E-state index in [1.807, 2.05) is 41.9 Å². The molecule has 0 bridgehead atoms. The van der Waals surface area contributed by atoms with Crippen molar-refractivity contribution in [2.75, 3.05) is 4.72 Å². The Kier molecular flexibility index (Phi) is 4.37. The molecule has 27 heavy (non-hydrogen) atoms. The lowest BCUT2D eigenvalue weighted by Gasteiger charge is -2.09. The predicted molar refractivity (Wildman–Crippen MR) is 108 cm³/mol. The molecule has 0 saturated carbocycles. The average Bonchev–Trinajstić information content (AvgIpc) is 3.05. The number of fused-ring (bicyclic) bond motifs is 1. The van der Waals surface area contributed by atoms with Crippen LogP contribution in [0.15, 0.2) is 78.0 Å². The van der Waals surface area contributed by atoms with Crippen LogP contribution >= 0.6 is 11.6 Å². The molecule has 0 radical (unpaired) electrons. The maximum absolute atomic E-state index is 12.6. The van der Waals surface area contributed by atoms with Crippen LogP contribution in [0.3, 0.4) is 0 Å². The van der Waals surface area contributed by atoms with Crippen LogP contribution < -0.4 is 4.72 Å². The van der Waals surface area contributed by atoms with E-state index in [2.05, 4.69) is 9.71 Å². The quantitative estimate of drug-likeness (QED) is 0.539. The number of sulfonamides is 1. The van der Waals surface area contributed by atoms with Crippen LogP contribution in [-0.4, -0.2) is 17.8 Å². The number of rotatable bonds is 4. The first kappa shape index (κ1) is 17.6. The van der Waals surface area contributed by atoms with Gasteiger partial charge in [0.15, 0.2) is 0 Å². The van der Waals surface area contributed by atoms with Gasteiger partial charge in [0.2, 0.25) is 0 Å². The number of nitrogens with one attached hydrogen (secondary N) is 1. The van der Waals surface area contributed by atoms with Gasteiger partial charge in [-0.2, -0.15) is 0 Å². The first-order chi connectivity index (χ1) is 12.9. The summed E-state index contributed by atoms with van der Waals surface area (Å²) in [5.41, 5.74) is 4.02.